The molecule has 0 aromatic rings. The normalized spacial score (nSPS) is 28.4. The number of hydrogen-bond acceptors (Lipinski definition) is 0. The smallest absolute Gasteiger partial charge is 0.0130 e. The topological polar surface area (TPSA) is 0 Å². The first kappa shape index (κ1) is 8.10. The molecule has 0 saturated carbocycles. The molecule has 2 aliphatic rings. The van der Waals surface area contributed by atoms with Gasteiger partial charge in [0.2, 0.25) is 0 Å². The van der Waals surface area contributed by atoms with E-state index in [1.807, 2.05) is 0 Å². The average molecular weight is 162 g/mol. The Morgan fingerprint density at radius 1 is 1.42 bits per heavy atom. The summed E-state index contributed by atoms with van der Waals surface area (Å²) in [6.45, 7) is 4.71. The lowest BCUT2D eigenvalue weighted by Gasteiger charge is -2.27. The molecular weight excluding hydrogens is 144 g/mol. The van der Waals surface area contributed by atoms with Gasteiger partial charge in [-0.15, -0.1) is 0 Å². The summed E-state index contributed by atoms with van der Waals surface area (Å²) in [5, 5.41) is 0. The van der Waals surface area contributed by atoms with E-state index < -0.39 is 0 Å². The van der Waals surface area contributed by atoms with Crippen LogP contribution < -0.4 is 0 Å². The van der Waals surface area contributed by atoms with Gasteiger partial charge in [0, 0.05) is 0 Å². The standard InChI is InChI=1S/C12H18/c1-9(2)11-7-3-5-10-6-4-8-12(10)11/h4,8-9,11H,3,5-7H2,1-2H3/t11-/m1/s1. The van der Waals surface area contributed by atoms with Crippen molar-refractivity contribution < 1.29 is 0 Å². The molecule has 0 bridgehead atoms. The third kappa shape index (κ3) is 1.24. The molecule has 0 nitrogen and oxygen atoms in total. The fraction of sp³-hybridized carbons (Fsp3) is 0.667. The Hall–Kier alpha value is -0.520. The quantitative estimate of drug-likeness (QED) is 0.551. The summed E-state index contributed by atoms with van der Waals surface area (Å²) in [6, 6.07) is 0. The van der Waals surface area contributed by atoms with Crippen molar-refractivity contribution in [3.05, 3.63) is 23.3 Å². The van der Waals surface area contributed by atoms with Gasteiger partial charge < -0.3 is 0 Å². The maximum Gasteiger partial charge on any atom is -0.0130 e. The molecule has 0 saturated heterocycles. The molecule has 0 fully saturated rings. The van der Waals surface area contributed by atoms with E-state index in [1.165, 1.54) is 25.7 Å². The first-order chi connectivity index (χ1) is 5.79. The van der Waals surface area contributed by atoms with Crippen LogP contribution in [0.2, 0.25) is 0 Å². The van der Waals surface area contributed by atoms with E-state index in [0.29, 0.717) is 0 Å². The summed E-state index contributed by atoms with van der Waals surface area (Å²) in [5.41, 5.74) is 3.43. The van der Waals surface area contributed by atoms with Crippen LogP contribution in [0.1, 0.15) is 39.5 Å². The molecule has 0 heteroatoms. The highest BCUT2D eigenvalue weighted by molar-refractivity contribution is 5.37. The van der Waals surface area contributed by atoms with Crippen LogP contribution in [0.5, 0.6) is 0 Å². The van der Waals surface area contributed by atoms with Gasteiger partial charge in [0.1, 0.15) is 0 Å². The SMILES string of the molecule is CC(C)[C@H]1CCCC2=C1C=CC2. The van der Waals surface area contributed by atoms with Crippen LogP contribution >= 0.6 is 0 Å². The lowest BCUT2D eigenvalue weighted by atomic mass is 9.78. The van der Waals surface area contributed by atoms with Crippen molar-refractivity contribution >= 4 is 0 Å². The zero-order valence-corrected chi connectivity index (χ0v) is 8.14. The molecule has 2 aliphatic carbocycles. The molecule has 12 heavy (non-hydrogen) atoms. The minimum Gasteiger partial charge on any atom is -0.0802 e. The molecule has 0 heterocycles. The maximum absolute atomic E-state index is 2.37. The molecule has 0 amide bonds. The first-order valence-electron chi connectivity index (χ1n) is 5.17. The molecule has 1 atom stereocenters. The van der Waals surface area contributed by atoms with Gasteiger partial charge in [0.05, 0.1) is 0 Å². The lowest BCUT2D eigenvalue weighted by Crippen LogP contribution is -2.15. The molecule has 0 aliphatic heterocycles. The Labute approximate surface area is 75.4 Å². The predicted octanol–water partition coefficient (Wildman–Crippen LogP) is 3.70. The molecule has 2 rings (SSSR count). The Morgan fingerprint density at radius 2 is 2.25 bits per heavy atom. The third-order valence-electron chi connectivity index (χ3n) is 3.27. The second kappa shape index (κ2) is 3.08. The van der Waals surface area contributed by atoms with Crippen molar-refractivity contribution in [2.45, 2.75) is 39.5 Å². The molecular formula is C12H18. The fourth-order valence-corrected chi connectivity index (χ4v) is 2.58. The number of hydrogen-bond donors (Lipinski definition) is 0. The van der Waals surface area contributed by atoms with Crippen LogP contribution in [0, 0.1) is 11.8 Å². The van der Waals surface area contributed by atoms with Crippen LogP contribution in [-0.2, 0) is 0 Å². The first-order valence-corrected chi connectivity index (χ1v) is 5.17. The Bertz CT molecular complexity index is 230. The van der Waals surface area contributed by atoms with Gasteiger partial charge in [-0.1, -0.05) is 31.6 Å². The van der Waals surface area contributed by atoms with E-state index >= 15 is 0 Å². The fourth-order valence-electron chi connectivity index (χ4n) is 2.58. The lowest BCUT2D eigenvalue weighted by molar-refractivity contribution is 0.391. The van der Waals surface area contributed by atoms with Gasteiger partial charge in [0.15, 0.2) is 0 Å². The zero-order valence-electron chi connectivity index (χ0n) is 8.14. The Kier molecular flexibility index (Phi) is 2.08. The highest BCUT2D eigenvalue weighted by atomic mass is 14.3. The minimum absolute atomic E-state index is 0.832. The molecule has 0 N–H and O–H groups in total. The molecule has 0 aromatic heterocycles. The van der Waals surface area contributed by atoms with E-state index in [-0.39, 0.29) is 0 Å². The van der Waals surface area contributed by atoms with E-state index in [2.05, 4.69) is 26.0 Å². The van der Waals surface area contributed by atoms with Crippen molar-refractivity contribution in [3.8, 4) is 0 Å². The van der Waals surface area contributed by atoms with Crippen molar-refractivity contribution in [1.29, 1.82) is 0 Å². The summed E-state index contributed by atoms with van der Waals surface area (Å²) >= 11 is 0. The van der Waals surface area contributed by atoms with Crippen LogP contribution in [0.4, 0.5) is 0 Å². The predicted molar refractivity (Wildman–Crippen MR) is 53.0 cm³/mol. The maximum atomic E-state index is 2.37. The molecule has 0 spiro atoms. The Balaban J connectivity index is 2.24. The summed E-state index contributed by atoms with van der Waals surface area (Å²) < 4.78 is 0. The number of rotatable bonds is 1. The van der Waals surface area contributed by atoms with Crippen molar-refractivity contribution in [2.24, 2.45) is 11.8 Å². The summed E-state index contributed by atoms with van der Waals surface area (Å²) in [5.74, 6) is 1.70. The van der Waals surface area contributed by atoms with Gasteiger partial charge in [-0.2, -0.15) is 0 Å². The second-order valence-corrected chi connectivity index (χ2v) is 4.41. The summed E-state index contributed by atoms with van der Waals surface area (Å²) in [7, 11) is 0. The summed E-state index contributed by atoms with van der Waals surface area (Å²) in [4.78, 5) is 0. The molecule has 0 radical (unpaired) electrons. The molecule has 0 aromatic carbocycles. The van der Waals surface area contributed by atoms with Gasteiger partial charge in [-0.05, 0) is 43.1 Å². The van der Waals surface area contributed by atoms with Gasteiger partial charge in [0.25, 0.3) is 0 Å². The van der Waals surface area contributed by atoms with E-state index in [9.17, 15) is 0 Å². The molecule has 66 valence electrons. The van der Waals surface area contributed by atoms with E-state index in [1.54, 1.807) is 11.1 Å². The highest BCUT2D eigenvalue weighted by Crippen LogP contribution is 2.39. The van der Waals surface area contributed by atoms with Crippen molar-refractivity contribution in [1.82, 2.24) is 0 Å². The van der Waals surface area contributed by atoms with Crippen molar-refractivity contribution in [2.75, 3.05) is 0 Å². The average Bonchev–Trinajstić information content (AvgIpc) is 2.49. The largest absolute Gasteiger partial charge is 0.0802 e. The number of allylic oxidation sites excluding steroid dienone is 4. The summed E-state index contributed by atoms with van der Waals surface area (Å²) in [6.07, 6.45) is 10.2. The van der Waals surface area contributed by atoms with Crippen LogP contribution in [0.3, 0.4) is 0 Å². The monoisotopic (exact) mass is 162 g/mol. The Morgan fingerprint density at radius 3 is 3.00 bits per heavy atom. The van der Waals surface area contributed by atoms with Gasteiger partial charge >= 0.3 is 0 Å². The van der Waals surface area contributed by atoms with E-state index in [0.717, 1.165) is 11.8 Å². The van der Waals surface area contributed by atoms with Gasteiger partial charge in [-0.25, -0.2) is 0 Å². The van der Waals surface area contributed by atoms with Crippen LogP contribution in [0.15, 0.2) is 23.3 Å². The van der Waals surface area contributed by atoms with E-state index in [4.69, 9.17) is 0 Å². The second-order valence-electron chi connectivity index (χ2n) is 4.41. The third-order valence-corrected chi connectivity index (χ3v) is 3.27. The van der Waals surface area contributed by atoms with Gasteiger partial charge in [-0.3, -0.25) is 0 Å². The van der Waals surface area contributed by atoms with Crippen LogP contribution in [-0.4, -0.2) is 0 Å². The van der Waals surface area contributed by atoms with Crippen LogP contribution in [0.25, 0.3) is 0 Å². The molecule has 0 unspecified atom stereocenters. The minimum atomic E-state index is 0.832. The zero-order chi connectivity index (χ0) is 8.55. The van der Waals surface area contributed by atoms with Crippen molar-refractivity contribution in [3.63, 3.8) is 0 Å². The highest BCUT2D eigenvalue weighted by Gasteiger charge is 2.25.